The predicted molar refractivity (Wildman–Crippen MR) is 68.5 cm³/mol. The highest BCUT2D eigenvalue weighted by Gasteiger charge is 2.19. The van der Waals surface area contributed by atoms with E-state index >= 15 is 0 Å². The molecule has 16 heavy (non-hydrogen) atoms. The summed E-state index contributed by atoms with van der Waals surface area (Å²) in [5.41, 5.74) is 5.60. The largest absolute Gasteiger partial charge is 0.326 e. The minimum atomic E-state index is 0.628. The Hall–Kier alpha value is -0.450. The molecule has 1 fully saturated rings. The Morgan fingerprint density at radius 3 is 3.19 bits per heavy atom. The van der Waals surface area contributed by atoms with Gasteiger partial charge in [0, 0.05) is 30.6 Å². The molecule has 1 saturated heterocycles. The zero-order valence-corrected chi connectivity index (χ0v) is 10.8. The second kappa shape index (κ2) is 5.75. The Kier molecular flexibility index (Phi) is 4.32. The van der Waals surface area contributed by atoms with Gasteiger partial charge in [0.05, 0.1) is 5.01 Å². The van der Waals surface area contributed by atoms with Crippen molar-refractivity contribution in [1.29, 1.82) is 0 Å². The summed E-state index contributed by atoms with van der Waals surface area (Å²) in [6, 6.07) is 0. The first-order valence-electron chi connectivity index (χ1n) is 6.17. The highest BCUT2D eigenvalue weighted by atomic mass is 32.1. The van der Waals surface area contributed by atoms with E-state index in [2.05, 4.69) is 16.8 Å². The number of rotatable bonds is 4. The van der Waals surface area contributed by atoms with Crippen LogP contribution in [0.3, 0.4) is 0 Å². The van der Waals surface area contributed by atoms with Gasteiger partial charge >= 0.3 is 0 Å². The number of thiazole rings is 1. The molecule has 4 heteroatoms. The molecule has 1 aliphatic rings. The lowest BCUT2D eigenvalue weighted by Crippen LogP contribution is -2.35. The van der Waals surface area contributed by atoms with Gasteiger partial charge in [0.25, 0.3) is 0 Å². The molecule has 0 bridgehead atoms. The van der Waals surface area contributed by atoms with Gasteiger partial charge < -0.3 is 10.6 Å². The van der Waals surface area contributed by atoms with Crippen LogP contribution in [0.15, 0.2) is 6.20 Å². The molecule has 0 spiro atoms. The third kappa shape index (κ3) is 3.03. The van der Waals surface area contributed by atoms with E-state index in [4.69, 9.17) is 5.73 Å². The maximum absolute atomic E-state index is 5.60. The van der Waals surface area contributed by atoms with Crippen LogP contribution in [0.4, 0.5) is 0 Å². The van der Waals surface area contributed by atoms with Crippen molar-refractivity contribution in [1.82, 2.24) is 9.88 Å². The van der Waals surface area contributed by atoms with Crippen LogP contribution in [0.2, 0.25) is 0 Å². The monoisotopic (exact) mass is 239 g/mol. The molecule has 0 radical (unpaired) electrons. The van der Waals surface area contributed by atoms with Crippen molar-refractivity contribution in [3.8, 4) is 0 Å². The van der Waals surface area contributed by atoms with Gasteiger partial charge in [-0.25, -0.2) is 4.98 Å². The molecule has 3 nitrogen and oxygen atoms in total. The zero-order chi connectivity index (χ0) is 11.4. The number of piperidine rings is 1. The van der Waals surface area contributed by atoms with Crippen LogP contribution in [0.1, 0.15) is 29.7 Å². The lowest BCUT2D eigenvalue weighted by Gasteiger charge is -2.31. The molecule has 0 amide bonds. The molecule has 1 aliphatic heterocycles. The van der Waals surface area contributed by atoms with E-state index in [1.54, 1.807) is 11.3 Å². The van der Waals surface area contributed by atoms with Crippen LogP contribution in [-0.2, 0) is 13.0 Å². The van der Waals surface area contributed by atoms with Crippen LogP contribution in [-0.4, -0.2) is 29.5 Å². The lowest BCUT2D eigenvalue weighted by atomic mass is 9.95. The molecule has 0 aliphatic carbocycles. The highest BCUT2D eigenvalue weighted by Crippen LogP contribution is 2.23. The van der Waals surface area contributed by atoms with Crippen LogP contribution in [0, 0.1) is 5.92 Å². The summed E-state index contributed by atoms with van der Waals surface area (Å²) in [6.07, 6.45) is 5.77. The molecule has 1 aromatic heterocycles. The van der Waals surface area contributed by atoms with Crippen molar-refractivity contribution in [3.63, 3.8) is 0 Å². The van der Waals surface area contributed by atoms with Gasteiger partial charge in [0.2, 0.25) is 0 Å². The second-order valence-electron chi connectivity index (χ2n) is 4.53. The Morgan fingerprint density at radius 1 is 1.62 bits per heavy atom. The summed E-state index contributed by atoms with van der Waals surface area (Å²) < 4.78 is 0. The van der Waals surface area contributed by atoms with E-state index in [0.29, 0.717) is 6.54 Å². The molecule has 0 aromatic carbocycles. The summed E-state index contributed by atoms with van der Waals surface area (Å²) in [5, 5.41) is 1.27. The molecule has 90 valence electrons. The number of nitrogens with zero attached hydrogens (tertiary/aromatic N) is 2. The smallest absolute Gasteiger partial charge is 0.0931 e. The standard InChI is InChI=1S/C12H21N3S/c1-2-15-5-3-4-10(9-15)6-12-14-8-11(7-13)16-12/h8,10H,2-7,9,13H2,1H3. The maximum Gasteiger partial charge on any atom is 0.0931 e. The summed E-state index contributed by atoms with van der Waals surface area (Å²) in [4.78, 5) is 8.21. The highest BCUT2D eigenvalue weighted by molar-refractivity contribution is 7.11. The van der Waals surface area contributed by atoms with E-state index < -0.39 is 0 Å². The van der Waals surface area contributed by atoms with Crippen molar-refractivity contribution in [2.75, 3.05) is 19.6 Å². The normalized spacial score (nSPS) is 22.5. The van der Waals surface area contributed by atoms with Gasteiger partial charge in [0.15, 0.2) is 0 Å². The van der Waals surface area contributed by atoms with Crippen molar-refractivity contribution < 1.29 is 0 Å². The van der Waals surface area contributed by atoms with Crippen LogP contribution < -0.4 is 5.73 Å². The SMILES string of the molecule is CCN1CCCC(Cc2ncc(CN)s2)C1. The van der Waals surface area contributed by atoms with E-state index in [1.807, 2.05) is 6.20 Å². The van der Waals surface area contributed by atoms with Crippen LogP contribution in [0.25, 0.3) is 0 Å². The lowest BCUT2D eigenvalue weighted by molar-refractivity contribution is 0.182. The van der Waals surface area contributed by atoms with Crippen molar-refractivity contribution in [3.05, 3.63) is 16.1 Å². The summed E-state index contributed by atoms with van der Waals surface area (Å²) in [7, 11) is 0. The van der Waals surface area contributed by atoms with Gasteiger partial charge in [-0.2, -0.15) is 0 Å². The zero-order valence-electron chi connectivity index (χ0n) is 9.98. The van der Waals surface area contributed by atoms with Gasteiger partial charge in [-0.3, -0.25) is 0 Å². The van der Waals surface area contributed by atoms with Gasteiger partial charge in [-0.05, 0) is 31.8 Å². The third-order valence-corrected chi connectivity index (χ3v) is 4.36. The van der Waals surface area contributed by atoms with Crippen LogP contribution in [0.5, 0.6) is 0 Å². The molecule has 2 rings (SSSR count). The van der Waals surface area contributed by atoms with Crippen molar-refractivity contribution >= 4 is 11.3 Å². The quantitative estimate of drug-likeness (QED) is 0.872. The number of aromatic nitrogens is 1. The minimum Gasteiger partial charge on any atom is -0.326 e. The average Bonchev–Trinajstić information content (AvgIpc) is 2.77. The fourth-order valence-electron chi connectivity index (χ4n) is 2.39. The predicted octanol–water partition coefficient (Wildman–Crippen LogP) is 1.88. The molecule has 1 unspecified atom stereocenters. The molecule has 1 atom stereocenters. The molecular formula is C12H21N3S. The molecule has 2 heterocycles. The Bertz CT molecular complexity index is 324. The topological polar surface area (TPSA) is 42.2 Å². The molecule has 2 N–H and O–H groups in total. The number of hydrogen-bond acceptors (Lipinski definition) is 4. The molecule has 0 saturated carbocycles. The number of likely N-dealkylation sites (tertiary alicyclic amines) is 1. The third-order valence-electron chi connectivity index (χ3n) is 3.32. The first kappa shape index (κ1) is 12.0. The first-order chi connectivity index (χ1) is 7.81. The summed E-state index contributed by atoms with van der Waals surface area (Å²) in [5.74, 6) is 0.797. The Morgan fingerprint density at radius 2 is 2.50 bits per heavy atom. The molecular weight excluding hydrogens is 218 g/mol. The molecule has 1 aromatic rings. The first-order valence-corrected chi connectivity index (χ1v) is 6.99. The maximum atomic E-state index is 5.60. The summed E-state index contributed by atoms with van der Waals surface area (Å²) >= 11 is 1.78. The minimum absolute atomic E-state index is 0.628. The Labute approximate surface area is 102 Å². The average molecular weight is 239 g/mol. The van der Waals surface area contributed by atoms with E-state index in [9.17, 15) is 0 Å². The Balaban J connectivity index is 1.88. The fourth-order valence-corrected chi connectivity index (χ4v) is 3.30. The van der Waals surface area contributed by atoms with Gasteiger partial charge in [-0.15, -0.1) is 11.3 Å². The van der Waals surface area contributed by atoms with E-state index in [1.165, 1.54) is 42.4 Å². The number of hydrogen-bond donors (Lipinski definition) is 1. The summed E-state index contributed by atoms with van der Waals surface area (Å²) in [6.45, 7) is 6.58. The van der Waals surface area contributed by atoms with Gasteiger partial charge in [0.1, 0.15) is 0 Å². The fraction of sp³-hybridized carbons (Fsp3) is 0.750. The van der Waals surface area contributed by atoms with Crippen LogP contribution >= 0.6 is 11.3 Å². The van der Waals surface area contributed by atoms with Crippen molar-refractivity contribution in [2.24, 2.45) is 11.7 Å². The number of nitrogens with two attached hydrogens (primary N) is 1. The second-order valence-corrected chi connectivity index (χ2v) is 5.73. The van der Waals surface area contributed by atoms with Crippen molar-refractivity contribution in [2.45, 2.75) is 32.7 Å². The van der Waals surface area contributed by atoms with E-state index in [-0.39, 0.29) is 0 Å². The van der Waals surface area contributed by atoms with E-state index in [0.717, 1.165) is 12.3 Å². The van der Waals surface area contributed by atoms with Gasteiger partial charge in [-0.1, -0.05) is 6.92 Å².